The van der Waals surface area contributed by atoms with E-state index >= 15 is 0 Å². The Bertz CT molecular complexity index is 684. The van der Waals surface area contributed by atoms with E-state index in [0.717, 1.165) is 23.3 Å². The molecule has 1 aromatic rings. The van der Waals surface area contributed by atoms with E-state index in [1.807, 2.05) is 19.1 Å². The highest BCUT2D eigenvalue weighted by Crippen LogP contribution is 2.38. The zero-order valence-corrected chi connectivity index (χ0v) is 14.2. The summed E-state index contributed by atoms with van der Waals surface area (Å²) in [5, 5.41) is 0. The number of carbonyl (C=O) groups is 1. The first kappa shape index (κ1) is 17.0. The molecule has 122 valence electrons. The van der Waals surface area contributed by atoms with E-state index in [-0.39, 0.29) is 11.3 Å². The van der Waals surface area contributed by atoms with Crippen LogP contribution in [0.15, 0.2) is 47.3 Å². The van der Waals surface area contributed by atoms with Crippen molar-refractivity contribution in [1.82, 2.24) is 0 Å². The third-order valence-electron chi connectivity index (χ3n) is 3.79. The second-order valence-electron chi connectivity index (χ2n) is 6.31. The Morgan fingerprint density at radius 1 is 1.43 bits per heavy atom. The summed E-state index contributed by atoms with van der Waals surface area (Å²) in [5.41, 5.74) is 2.29. The maximum atomic E-state index is 12.4. The van der Waals surface area contributed by atoms with Crippen LogP contribution in [0.5, 0.6) is 5.75 Å². The molecule has 2 rings (SSSR count). The van der Waals surface area contributed by atoms with Crippen LogP contribution in [-0.4, -0.2) is 18.8 Å². The predicted octanol–water partition coefficient (Wildman–Crippen LogP) is 4.41. The number of hydrogen-bond acceptors (Lipinski definition) is 4. The number of benzene rings is 1. The van der Waals surface area contributed by atoms with Gasteiger partial charge in [0.15, 0.2) is 0 Å². The lowest BCUT2D eigenvalue weighted by atomic mass is 9.79. The maximum Gasteiger partial charge on any atom is 0.344 e. The Morgan fingerprint density at radius 2 is 2.17 bits per heavy atom. The molecule has 1 heterocycles. The molecule has 0 fully saturated rings. The lowest BCUT2D eigenvalue weighted by molar-refractivity contribution is 0.0621. The minimum Gasteiger partial charge on any atom is -0.493 e. The van der Waals surface area contributed by atoms with E-state index < -0.39 is 5.97 Å². The number of aliphatic imine (C=N–C) groups is 1. The van der Waals surface area contributed by atoms with Crippen molar-refractivity contribution in [3.63, 3.8) is 0 Å². The molecule has 4 heteroatoms. The number of esters is 1. The topological polar surface area (TPSA) is 47.9 Å². The van der Waals surface area contributed by atoms with Gasteiger partial charge >= 0.3 is 5.97 Å². The van der Waals surface area contributed by atoms with Gasteiger partial charge in [0, 0.05) is 11.8 Å². The van der Waals surface area contributed by atoms with Gasteiger partial charge in [0.2, 0.25) is 5.88 Å². The molecule has 0 amide bonds. The Hall–Kier alpha value is -2.36. The molecule has 0 atom stereocenters. The number of carbonyl (C=O) groups excluding carboxylic acids is 1. The largest absolute Gasteiger partial charge is 0.493 e. The molecule has 0 radical (unpaired) electrons. The molecule has 23 heavy (non-hydrogen) atoms. The summed E-state index contributed by atoms with van der Waals surface area (Å²) in [6, 6.07) is 5.41. The summed E-state index contributed by atoms with van der Waals surface area (Å²) >= 11 is 0. The first-order valence-corrected chi connectivity index (χ1v) is 7.69. The van der Waals surface area contributed by atoms with Crippen LogP contribution in [0.2, 0.25) is 0 Å². The van der Waals surface area contributed by atoms with Gasteiger partial charge in [-0.2, -0.15) is 0 Å². The van der Waals surface area contributed by atoms with E-state index in [1.165, 1.54) is 0 Å². The van der Waals surface area contributed by atoms with Gasteiger partial charge in [-0.15, -0.1) is 0 Å². The molecule has 1 aromatic carbocycles. The number of hydrogen-bond donors (Lipinski definition) is 0. The van der Waals surface area contributed by atoms with E-state index in [0.29, 0.717) is 12.2 Å². The van der Waals surface area contributed by atoms with Crippen molar-refractivity contribution in [2.45, 2.75) is 39.5 Å². The lowest BCUT2D eigenvalue weighted by Gasteiger charge is -2.32. The van der Waals surface area contributed by atoms with E-state index in [1.54, 1.807) is 25.3 Å². The predicted molar refractivity (Wildman–Crippen MR) is 92.1 cm³/mol. The zero-order valence-electron chi connectivity index (χ0n) is 14.2. The Kier molecular flexibility index (Phi) is 5.04. The van der Waals surface area contributed by atoms with Crippen LogP contribution >= 0.6 is 0 Å². The monoisotopic (exact) mass is 313 g/mol. The standard InChI is InChI=1S/C19H23NO3/c1-6-17(20-12-13(2)3)23-18(21)14-7-8-16-15(11-14)19(4,5)9-10-22-16/h6-8,11-12H,2,9-10H2,1,3-5H3/b17-6+,20-12-. The van der Waals surface area contributed by atoms with Crippen molar-refractivity contribution in [2.24, 2.45) is 4.99 Å². The molecule has 0 spiro atoms. The Balaban J connectivity index is 2.22. The fraction of sp³-hybridized carbons (Fsp3) is 0.368. The van der Waals surface area contributed by atoms with Crippen molar-refractivity contribution in [1.29, 1.82) is 0 Å². The molecule has 0 aliphatic carbocycles. The summed E-state index contributed by atoms with van der Waals surface area (Å²) in [6.07, 6.45) is 4.12. The first-order chi connectivity index (χ1) is 10.8. The number of fused-ring (bicyclic) bond motifs is 1. The van der Waals surface area contributed by atoms with Crippen LogP contribution in [0.4, 0.5) is 0 Å². The molecule has 1 aliphatic heterocycles. The molecule has 0 aromatic heterocycles. The van der Waals surface area contributed by atoms with Gasteiger partial charge < -0.3 is 9.47 Å². The minimum atomic E-state index is -0.430. The summed E-state index contributed by atoms with van der Waals surface area (Å²) in [7, 11) is 0. The molecule has 0 unspecified atom stereocenters. The van der Waals surface area contributed by atoms with E-state index in [2.05, 4.69) is 25.4 Å². The van der Waals surface area contributed by atoms with Gasteiger partial charge in [-0.25, -0.2) is 9.79 Å². The molecule has 0 N–H and O–H groups in total. The normalized spacial score (nSPS) is 16.6. The average Bonchev–Trinajstić information content (AvgIpc) is 2.50. The van der Waals surface area contributed by atoms with Gasteiger partial charge in [-0.1, -0.05) is 20.4 Å². The quantitative estimate of drug-likeness (QED) is 0.470. The number of ether oxygens (including phenoxy) is 2. The van der Waals surface area contributed by atoms with Crippen LogP contribution in [0.25, 0.3) is 0 Å². The first-order valence-electron chi connectivity index (χ1n) is 7.69. The minimum absolute atomic E-state index is 0.0224. The van der Waals surface area contributed by atoms with Gasteiger partial charge in [0.25, 0.3) is 0 Å². The van der Waals surface area contributed by atoms with Crippen molar-refractivity contribution in [2.75, 3.05) is 6.61 Å². The summed E-state index contributed by atoms with van der Waals surface area (Å²) in [6.45, 7) is 12.3. The van der Waals surface area contributed by atoms with Crippen molar-refractivity contribution >= 4 is 12.2 Å². The highest BCUT2D eigenvalue weighted by molar-refractivity contribution is 5.91. The van der Waals surface area contributed by atoms with E-state index in [4.69, 9.17) is 9.47 Å². The fourth-order valence-electron chi connectivity index (χ4n) is 2.35. The molecular formula is C19H23NO3. The highest BCUT2D eigenvalue weighted by Gasteiger charge is 2.29. The van der Waals surface area contributed by atoms with Crippen LogP contribution in [0, 0.1) is 0 Å². The molecular weight excluding hydrogens is 290 g/mol. The molecule has 0 bridgehead atoms. The number of allylic oxidation sites excluding steroid dienone is 2. The third-order valence-corrected chi connectivity index (χ3v) is 3.79. The molecule has 0 saturated heterocycles. The molecule has 1 aliphatic rings. The summed E-state index contributed by atoms with van der Waals surface area (Å²) < 4.78 is 11.0. The summed E-state index contributed by atoms with van der Waals surface area (Å²) in [5.74, 6) is 0.664. The van der Waals surface area contributed by atoms with Crippen molar-refractivity contribution in [3.8, 4) is 5.75 Å². The number of nitrogens with zero attached hydrogens (tertiary/aromatic N) is 1. The maximum absolute atomic E-state index is 12.4. The Labute approximate surface area is 137 Å². The SMILES string of the molecule is C=C(C)/C=N\C(=C/C)OC(=O)c1ccc2c(c1)C(C)(C)CCO2. The average molecular weight is 313 g/mol. The van der Waals surface area contributed by atoms with Crippen LogP contribution in [0.3, 0.4) is 0 Å². The van der Waals surface area contributed by atoms with Crippen molar-refractivity contribution in [3.05, 3.63) is 53.4 Å². The van der Waals surface area contributed by atoms with E-state index in [9.17, 15) is 4.79 Å². The third kappa shape index (κ3) is 4.09. The van der Waals surface area contributed by atoms with Gasteiger partial charge in [0.1, 0.15) is 5.75 Å². The fourth-order valence-corrected chi connectivity index (χ4v) is 2.35. The molecule has 4 nitrogen and oxygen atoms in total. The zero-order chi connectivity index (χ0) is 17.0. The van der Waals surface area contributed by atoms with Crippen LogP contribution < -0.4 is 4.74 Å². The lowest BCUT2D eigenvalue weighted by Crippen LogP contribution is -2.27. The van der Waals surface area contributed by atoms with Gasteiger partial charge in [-0.3, -0.25) is 0 Å². The molecule has 0 saturated carbocycles. The summed E-state index contributed by atoms with van der Waals surface area (Å²) in [4.78, 5) is 16.4. The van der Waals surface area contributed by atoms with Crippen LogP contribution in [-0.2, 0) is 10.2 Å². The number of rotatable bonds is 4. The smallest absolute Gasteiger partial charge is 0.344 e. The van der Waals surface area contributed by atoms with Crippen molar-refractivity contribution < 1.29 is 14.3 Å². The van der Waals surface area contributed by atoms with Gasteiger partial charge in [0.05, 0.1) is 12.2 Å². The highest BCUT2D eigenvalue weighted by atomic mass is 16.5. The second kappa shape index (κ2) is 6.82. The Morgan fingerprint density at radius 3 is 2.83 bits per heavy atom. The van der Waals surface area contributed by atoms with Crippen LogP contribution in [0.1, 0.15) is 50.0 Å². The van der Waals surface area contributed by atoms with Gasteiger partial charge in [-0.05, 0) is 55.5 Å². The second-order valence-corrected chi connectivity index (χ2v) is 6.31.